The molecule has 1 aromatic carbocycles. The van der Waals surface area contributed by atoms with E-state index in [1.165, 1.54) is 23.1 Å². The van der Waals surface area contributed by atoms with E-state index >= 15 is 0 Å². The summed E-state index contributed by atoms with van der Waals surface area (Å²) in [5, 5.41) is 14.5. The van der Waals surface area contributed by atoms with E-state index in [2.05, 4.69) is 20.5 Å². The lowest BCUT2D eigenvalue weighted by Gasteiger charge is -2.10. The molecule has 0 spiro atoms. The Hall–Kier alpha value is -2.63. The van der Waals surface area contributed by atoms with E-state index < -0.39 is 0 Å². The van der Waals surface area contributed by atoms with E-state index in [1.54, 1.807) is 16.9 Å². The number of thioether (sulfide) groups is 1. The first-order chi connectivity index (χ1) is 15.8. The van der Waals surface area contributed by atoms with Crippen LogP contribution in [-0.2, 0) is 34.4 Å². The van der Waals surface area contributed by atoms with Gasteiger partial charge in [-0.1, -0.05) is 23.4 Å². The number of hydrogen-bond acceptors (Lipinski definition) is 9. The van der Waals surface area contributed by atoms with Crippen molar-refractivity contribution in [2.45, 2.75) is 39.0 Å². The summed E-state index contributed by atoms with van der Waals surface area (Å²) in [5.74, 6) is 0.892. The molecular formula is C21H24ClN5O4S2. The number of esters is 1. The molecule has 0 aliphatic rings. The first kappa shape index (κ1) is 25.0. The fraction of sp³-hybridized carbons (Fsp3) is 0.381. The van der Waals surface area contributed by atoms with Gasteiger partial charge >= 0.3 is 5.97 Å². The first-order valence-electron chi connectivity index (χ1n) is 10.1. The van der Waals surface area contributed by atoms with Gasteiger partial charge < -0.3 is 19.4 Å². The Labute approximate surface area is 204 Å². The van der Waals surface area contributed by atoms with Crippen molar-refractivity contribution in [3.05, 3.63) is 45.2 Å². The van der Waals surface area contributed by atoms with Gasteiger partial charge in [-0.25, -0.2) is 4.98 Å². The minimum atomic E-state index is -0.348. The molecule has 1 N–H and O–H groups in total. The lowest BCUT2D eigenvalue weighted by Crippen LogP contribution is -2.15. The third-order valence-corrected chi connectivity index (χ3v) is 6.89. The number of aryl methyl sites for hydroxylation is 2. The summed E-state index contributed by atoms with van der Waals surface area (Å²) in [5.41, 5.74) is 2.45. The number of benzene rings is 1. The Bertz CT molecular complexity index is 1120. The number of amides is 1. The lowest BCUT2D eigenvalue weighted by atomic mass is 10.1. The predicted octanol–water partition coefficient (Wildman–Crippen LogP) is 3.96. The lowest BCUT2D eigenvalue weighted by molar-refractivity contribution is -0.142. The minimum absolute atomic E-state index is 0.0773. The molecule has 0 radical (unpaired) electrons. The molecule has 0 fully saturated rings. The molecule has 0 saturated carbocycles. The van der Waals surface area contributed by atoms with Gasteiger partial charge in [0.25, 0.3) is 0 Å². The highest BCUT2D eigenvalue weighted by molar-refractivity contribution is 7.99. The van der Waals surface area contributed by atoms with Gasteiger partial charge in [-0.2, -0.15) is 0 Å². The summed E-state index contributed by atoms with van der Waals surface area (Å²) in [6.07, 6.45) is 0.0773. The van der Waals surface area contributed by atoms with Crippen LogP contribution in [0.5, 0.6) is 5.75 Å². The largest absolute Gasteiger partial charge is 0.486 e. The van der Waals surface area contributed by atoms with Gasteiger partial charge in [0.1, 0.15) is 12.4 Å². The molecule has 1 amide bonds. The maximum atomic E-state index is 12.3. The molecule has 3 rings (SSSR count). The molecule has 0 aliphatic heterocycles. The smallest absolute Gasteiger partial charge is 0.311 e. The number of rotatable bonds is 10. The number of halogens is 1. The maximum absolute atomic E-state index is 12.3. The van der Waals surface area contributed by atoms with Gasteiger partial charge in [0.05, 0.1) is 24.5 Å². The molecule has 0 bridgehead atoms. The number of nitrogens with zero attached hydrogens (tertiary/aromatic N) is 4. The zero-order valence-electron chi connectivity index (χ0n) is 18.7. The standard InChI is InChI=1S/C21H24ClN5O4S2/c1-5-30-18(29)8-14-10-32-20(23-14)24-17(28)11-33-21-26-25-16(27(21)4)9-31-15-6-12(2)19(22)13(3)7-15/h6-7,10H,5,8-9,11H2,1-4H3,(H,23,24,28). The zero-order valence-corrected chi connectivity index (χ0v) is 21.1. The van der Waals surface area contributed by atoms with Gasteiger partial charge in [-0.15, -0.1) is 21.5 Å². The fourth-order valence-electron chi connectivity index (χ4n) is 2.82. The Morgan fingerprint density at radius 3 is 2.67 bits per heavy atom. The average molecular weight is 510 g/mol. The maximum Gasteiger partial charge on any atom is 0.311 e. The van der Waals surface area contributed by atoms with Crippen LogP contribution in [0.25, 0.3) is 0 Å². The SMILES string of the molecule is CCOC(=O)Cc1csc(NC(=O)CSc2nnc(COc3cc(C)c(Cl)c(C)c3)n2C)n1. The van der Waals surface area contributed by atoms with Crippen molar-refractivity contribution in [1.29, 1.82) is 0 Å². The Morgan fingerprint density at radius 2 is 1.97 bits per heavy atom. The molecule has 0 unspecified atom stereocenters. The minimum Gasteiger partial charge on any atom is -0.486 e. The van der Waals surface area contributed by atoms with E-state index in [-0.39, 0.29) is 30.7 Å². The average Bonchev–Trinajstić information content (AvgIpc) is 3.34. The van der Waals surface area contributed by atoms with Crippen LogP contribution in [0.3, 0.4) is 0 Å². The van der Waals surface area contributed by atoms with E-state index in [4.69, 9.17) is 21.1 Å². The van der Waals surface area contributed by atoms with Crippen LogP contribution in [0.15, 0.2) is 22.7 Å². The molecule has 2 aromatic heterocycles. The molecule has 33 heavy (non-hydrogen) atoms. The van der Waals surface area contributed by atoms with Crippen LogP contribution in [0, 0.1) is 13.8 Å². The third-order valence-electron chi connectivity index (χ3n) is 4.46. The summed E-state index contributed by atoms with van der Waals surface area (Å²) in [6, 6.07) is 3.75. The third kappa shape index (κ3) is 6.92. The Morgan fingerprint density at radius 1 is 1.24 bits per heavy atom. The first-order valence-corrected chi connectivity index (χ1v) is 12.3. The number of hydrogen-bond donors (Lipinski definition) is 1. The molecule has 12 heteroatoms. The summed E-state index contributed by atoms with van der Waals surface area (Å²) in [4.78, 5) is 28.1. The molecule has 9 nitrogen and oxygen atoms in total. The predicted molar refractivity (Wildman–Crippen MR) is 128 cm³/mol. The number of carbonyl (C=O) groups excluding carboxylic acids is 2. The monoisotopic (exact) mass is 509 g/mol. The summed E-state index contributed by atoms with van der Waals surface area (Å²) in [7, 11) is 1.82. The number of nitrogens with one attached hydrogen (secondary N) is 1. The summed E-state index contributed by atoms with van der Waals surface area (Å²) in [6.45, 7) is 6.16. The van der Waals surface area contributed by atoms with E-state index in [9.17, 15) is 9.59 Å². The molecular weight excluding hydrogens is 486 g/mol. The van der Waals surface area contributed by atoms with Crippen LogP contribution >= 0.6 is 34.7 Å². The number of carbonyl (C=O) groups is 2. The number of anilines is 1. The molecule has 176 valence electrons. The van der Waals surface area contributed by atoms with Crippen LogP contribution in [0.2, 0.25) is 5.02 Å². The van der Waals surface area contributed by atoms with Crippen LogP contribution < -0.4 is 10.1 Å². The molecule has 3 aromatic rings. The van der Waals surface area contributed by atoms with Gasteiger partial charge in [-0.3, -0.25) is 9.59 Å². The van der Waals surface area contributed by atoms with Gasteiger partial charge in [0, 0.05) is 17.5 Å². The molecule has 2 heterocycles. The highest BCUT2D eigenvalue weighted by Crippen LogP contribution is 2.26. The van der Waals surface area contributed by atoms with Crippen molar-refractivity contribution < 1.29 is 19.1 Å². The van der Waals surface area contributed by atoms with Gasteiger partial charge in [0.2, 0.25) is 5.91 Å². The van der Waals surface area contributed by atoms with Crippen molar-refractivity contribution in [1.82, 2.24) is 19.7 Å². The van der Waals surface area contributed by atoms with Gasteiger partial charge in [-0.05, 0) is 44.0 Å². The second kappa shape index (κ2) is 11.5. The summed E-state index contributed by atoms with van der Waals surface area (Å²) >= 11 is 8.71. The van der Waals surface area contributed by atoms with Crippen LogP contribution in [-0.4, -0.2) is 44.0 Å². The molecule has 0 saturated heterocycles. The van der Waals surface area contributed by atoms with Gasteiger partial charge in [0.15, 0.2) is 16.1 Å². The number of aromatic nitrogens is 4. The van der Waals surface area contributed by atoms with Crippen LogP contribution in [0.4, 0.5) is 5.13 Å². The Kier molecular flexibility index (Phi) is 8.70. The van der Waals surface area contributed by atoms with Crippen molar-refractivity contribution in [3.63, 3.8) is 0 Å². The highest BCUT2D eigenvalue weighted by atomic mass is 35.5. The van der Waals surface area contributed by atoms with Crippen molar-refractivity contribution in [3.8, 4) is 5.75 Å². The highest BCUT2D eigenvalue weighted by Gasteiger charge is 2.14. The molecule has 0 aliphatic carbocycles. The van der Waals surface area contributed by atoms with Crippen molar-refractivity contribution >= 4 is 51.7 Å². The second-order valence-electron chi connectivity index (χ2n) is 7.08. The fourth-order valence-corrected chi connectivity index (χ4v) is 4.39. The second-order valence-corrected chi connectivity index (χ2v) is 9.26. The number of ether oxygens (including phenoxy) is 2. The topological polar surface area (TPSA) is 108 Å². The molecule has 0 atom stereocenters. The number of thiazole rings is 1. The van der Waals surface area contributed by atoms with E-state index in [0.29, 0.717) is 34.2 Å². The normalized spacial score (nSPS) is 10.8. The van der Waals surface area contributed by atoms with Crippen molar-refractivity contribution in [2.75, 3.05) is 17.7 Å². The van der Waals surface area contributed by atoms with E-state index in [1.807, 2.05) is 33.0 Å². The zero-order chi connectivity index (χ0) is 24.0. The van der Waals surface area contributed by atoms with Crippen molar-refractivity contribution in [2.24, 2.45) is 7.05 Å². The van der Waals surface area contributed by atoms with E-state index in [0.717, 1.165) is 16.1 Å². The Balaban J connectivity index is 1.50. The quantitative estimate of drug-likeness (QED) is 0.323. The van der Waals surface area contributed by atoms with Crippen LogP contribution in [0.1, 0.15) is 29.6 Å². The summed E-state index contributed by atoms with van der Waals surface area (Å²) < 4.78 is 12.5.